The number of nitrogens with zero attached hydrogens (tertiary/aromatic N) is 1. The average molecular weight is 260 g/mol. The Balaban J connectivity index is 2.14. The maximum absolute atomic E-state index is 12.6. The Kier molecular flexibility index (Phi) is 3.95. The first-order valence-corrected chi connectivity index (χ1v) is 7.02. The number of rotatable bonds is 2. The minimum absolute atomic E-state index is 0.176. The predicted molar refractivity (Wildman–Crippen MR) is 78.2 cm³/mol. The highest BCUT2D eigenvalue weighted by Gasteiger charge is 2.31. The Hall–Kier alpha value is -1.35. The lowest BCUT2D eigenvalue weighted by atomic mass is 9.80. The third-order valence-electron chi connectivity index (χ3n) is 4.45. The van der Waals surface area contributed by atoms with E-state index in [4.69, 9.17) is 5.73 Å². The molecule has 0 radical (unpaired) electrons. The van der Waals surface area contributed by atoms with Crippen molar-refractivity contribution in [3.05, 3.63) is 34.9 Å². The van der Waals surface area contributed by atoms with Crippen molar-refractivity contribution in [1.29, 1.82) is 0 Å². The SMILES string of the molecule is Cc1cccc(C)c1C(=O)N1CCC(C)(CN)CC1. The molecule has 0 saturated carbocycles. The molecule has 1 aliphatic heterocycles. The van der Waals surface area contributed by atoms with E-state index in [1.165, 1.54) is 0 Å². The molecule has 3 nitrogen and oxygen atoms in total. The third kappa shape index (κ3) is 2.81. The number of hydrogen-bond donors (Lipinski definition) is 1. The highest BCUT2D eigenvalue weighted by atomic mass is 16.2. The van der Waals surface area contributed by atoms with Gasteiger partial charge >= 0.3 is 0 Å². The lowest BCUT2D eigenvalue weighted by molar-refractivity contribution is 0.0616. The Bertz CT molecular complexity index is 453. The van der Waals surface area contributed by atoms with Crippen LogP contribution in [0.25, 0.3) is 0 Å². The summed E-state index contributed by atoms with van der Waals surface area (Å²) < 4.78 is 0. The molecule has 1 aromatic rings. The molecular weight excluding hydrogens is 236 g/mol. The number of aryl methyl sites for hydroxylation is 2. The van der Waals surface area contributed by atoms with Crippen LogP contribution < -0.4 is 5.73 Å². The van der Waals surface area contributed by atoms with Gasteiger partial charge in [-0.15, -0.1) is 0 Å². The number of piperidine rings is 1. The minimum atomic E-state index is 0.176. The second-order valence-corrected chi connectivity index (χ2v) is 6.07. The molecule has 1 fully saturated rings. The van der Waals surface area contributed by atoms with Gasteiger partial charge in [0, 0.05) is 18.7 Å². The first-order chi connectivity index (χ1) is 8.97. The molecule has 0 bridgehead atoms. The number of carbonyl (C=O) groups excluding carboxylic acids is 1. The number of nitrogens with two attached hydrogens (primary N) is 1. The van der Waals surface area contributed by atoms with Crippen LogP contribution in [0.4, 0.5) is 0 Å². The highest BCUT2D eigenvalue weighted by Crippen LogP contribution is 2.30. The van der Waals surface area contributed by atoms with Gasteiger partial charge in [0.15, 0.2) is 0 Å². The van der Waals surface area contributed by atoms with Crippen LogP contribution in [-0.4, -0.2) is 30.4 Å². The Labute approximate surface area is 115 Å². The summed E-state index contributed by atoms with van der Waals surface area (Å²) in [4.78, 5) is 14.6. The van der Waals surface area contributed by atoms with Crippen LogP contribution in [0.1, 0.15) is 41.3 Å². The summed E-state index contributed by atoms with van der Waals surface area (Å²) in [6.45, 7) is 8.58. The van der Waals surface area contributed by atoms with Crippen LogP contribution in [-0.2, 0) is 0 Å². The second kappa shape index (κ2) is 5.33. The van der Waals surface area contributed by atoms with E-state index in [-0.39, 0.29) is 11.3 Å². The molecule has 0 spiro atoms. The van der Waals surface area contributed by atoms with Crippen molar-refractivity contribution in [2.24, 2.45) is 11.1 Å². The number of likely N-dealkylation sites (tertiary alicyclic amines) is 1. The quantitative estimate of drug-likeness (QED) is 0.888. The van der Waals surface area contributed by atoms with Gasteiger partial charge in [0.2, 0.25) is 0 Å². The summed E-state index contributed by atoms with van der Waals surface area (Å²) in [5.41, 5.74) is 9.03. The van der Waals surface area contributed by atoms with Gasteiger partial charge in [-0.3, -0.25) is 4.79 Å². The first-order valence-electron chi connectivity index (χ1n) is 7.02. The maximum atomic E-state index is 12.6. The fraction of sp³-hybridized carbons (Fsp3) is 0.562. The maximum Gasteiger partial charge on any atom is 0.254 e. The van der Waals surface area contributed by atoms with Gasteiger partial charge in [0.05, 0.1) is 0 Å². The molecule has 0 unspecified atom stereocenters. The molecule has 2 rings (SSSR count). The predicted octanol–water partition coefficient (Wildman–Crippen LogP) is 2.50. The minimum Gasteiger partial charge on any atom is -0.339 e. The number of amides is 1. The molecule has 1 aromatic carbocycles. The third-order valence-corrected chi connectivity index (χ3v) is 4.45. The van der Waals surface area contributed by atoms with Gasteiger partial charge in [0.25, 0.3) is 5.91 Å². The van der Waals surface area contributed by atoms with E-state index in [0.717, 1.165) is 42.6 Å². The molecule has 1 saturated heterocycles. The summed E-state index contributed by atoms with van der Waals surface area (Å²) >= 11 is 0. The van der Waals surface area contributed by atoms with Crippen LogP contribution in [0.2, 0.25) is 0 Å². The normalized spacial score (nSPS) is 18.4. The summed E-state index contributed by atoms with van der Waals surface area (Å²) in [5, 5.41) is 0. The molecule has 1 amide bonds. The molecule has 0 aromatic heterocycles. The first kappa shape index (κ1) is 14.1. The van der Waals surface area contributed by atoms with Crippen LogP contribution >= 0.6 is 0 Å². The lowest BCUT2D eigenvalue weighted by Gasteiger charge is -2.39. The molecule has 19 heavy (non-hydrogen) atoms. The topological polar surface area (TPSA) is 46.3 Å². The van der Waals surface area contributed by atoms with Gasteiger partial charge in [-0.05, 0) is 49.8 Å². The van der Waals surface area contributed by atoms with Crippen molar-refractivity contribution in [1.82, 2.24) is 4.90 Å². The number of carbonyl (C=O) groups is 1. The summed E-state index contributed by atoms with van der Waals surface area (Å²) in [7, 11) is 0. The summed E-state index contributed by atoms with van der Waals surface area (Å²) in [6, 6.07) is 6.02. The van der Waals surface area contributed by atoms with E-state index < -0.39 is 0 Å². The van der Waals surface area contributed by atoms with E-state index >= 15 is 0 Å². The fourth-order valence-corrected chi connectivity index (χ4v) is 2.76. The smallest absolute Gasteiger partial charge is 0.254 e. The molecule has 0 aliphatic carbocycles. The molecule has 1 heterocycles. The van der Waals surface area contributed by atoms with Crippen molar-refractivity contribution in [2.75, 3.05) is 19.6 Å². The van der Waals surface area contributed by atoms with Crippen molar-refractivity contribution in [2.45, 2.75) is 33.6 Å². The largest absolute Gasteiger partial charge is 0.339 e. The van der Waals surface area contributed by atoms with E-state index in [2.05, 4.69) is 6.92 Å². The van der Waals surface area contributed by atoms with Crippen LogP contribution in [0, 0.1) is 19.3 Å². The number of benzene rings is 1. The van der Waals surface area contributed by atoms with Gasteiger partial charge in [-0.1, -0.05) is 25.1 Å². The van der Waals surface area contributed by atoms with Gasteiger partial charge in [-0.2, -0.15) is 0 Å². The molecule has 2 N–H and O–H groups in total. The summed E-state index contributed by atoms with van der Waals surface area (Å²) in [5.74, 6) is 0.176. The molecule has 3 heteroatoms. The highest BCUT2D eigenvalue weighted by molar-refractivity contribution is 5.97. The van der Waals surface area contributed by atoms with Crippen molar-refractivity contribution in [3.8, 4) is 0 Å². The summed E-state index contributed by atoms with van der Waals surface area (Å²) in [6.07, 6.45) is 2.00. The van der Waals surface area contributed by atoms with Crippen LogP contribution in [0.5, 0.6) is 0 Å². The Morgan fingerprint density at radius 1 is 1.26 bits per heavy atom. The van der Waals surface area contributed by atoms with Crippen LogP contribution in [0.15, 0.2) is 18.2 Å². The Morgan fingerprint density at radius 2 is 1.79 bits per heavy atom. The molecular formula is C16H24N2O. The van der Waals surface area contributed by atoms with Crippen molar-refractivity contribution >= 4 is 5.91 Å². The lowest BCUT2D eigenvalue weighted by Crippen LogP contribution is -2.45. The van der Waals surface area contributed by atoms with Gasteiger partial charge in [0.1, 0.15) is 0 Å². The van der Waals surface area contributed by atoms with E-state index in [0.29, 0.717) is 6.54 Å². The van der Waals surface area contributed by atoms with Crippen molar-refractivity contribution < 1.29 is 4.79 Å². The molecule has 0 atom stereocenters. The van der Waals surface area contributed by atoms with Crippen molar-refractivity contribution in [3.63, 3.8) is 0 Å². The van der Waals surface area contributed by atoms with E-state index in [1.807, 2.05) is 36.9 Å². The zero-order valence-electron chi connectivity index (χ0n) is 12.2. The second-order valence-electron chi connectivity index (χ2n) is 6.07. The molecule has 104 valence electrons. The van der Waals surface area contributed by atoms with Crippen LogP contribution in [0.3, 0.4) is 0 Å². The Morgan fingerprint density at radius 3 is 2.26 bits per heavy atom. The fourth-order valence-electron chi connectivity index (χ4n) is 2.76. The van der Waals surface area contributed by atoms with E-state index in [1.54, 1.807) is 0 Å². The average Bonchev–Trinajstić information content (AvgIpc) is 2.39. The standard InChI is InChI=1S/C16H24N2O/c1-12-5-4-6-13(2)14(12)15(19)18-9-7-16(3,11-17)8-10-18/h4-6H,7-11,17H2,1-3H3. The molecule has 1 aliphatic rings. The number of hydrogen-bond acceptors (Lipinski definition) is 2. The monoisotopic (exact) mass is 260 g/mol. The van der Waals surface area contributed by atoms with E-state index in [9.17, 15) is 4.79 Å². The van der Waals surface area contributed by atoms with Gasteiger partial charge < -0.3 is 10.6 Å². The zero-order valence-corrected chi connectivity index (χ0v) is 12.2. The van der Waals surface area contributed by atoms with Gasteiger partial charge in [-0.25, -0.2) is 0 Å². The zero-order chi connectivity index (χ0) is 14.0.